The summed E-state index contributed by atoms with van der Waals surface area (Å²) in [5, 5.41) is 6.70. The van der Waals surface area contributed by atoms with E-state index < -0.39 is 0 Å². The first-order chi connectivity index (χ1) is 12.2. The van der Waals surface area contributed by atoms with Crippen LogP contribution in [0.3, 0.4) is 0 Å². The molecule has 1 saturated heterocycles. The number of ether oxygens (including phenoxy) is 2. The normalized spacial score (nSPS) is 16.6. The third-order valence-electron chi connectivity index (χ3n) is 4.55. The number of likely N-dealkylation sites (tertiary alicyclic amines) is 1. The van der Waals surface area contributed by atoms with Crippen LogP contribution in [-0.2, 0) is 9.47 Å². The molecule has 6 nitrogen and oxygen atoms in total. The molecule has 1 fully saturated rings. The van der Waals surface area contributed by atoms with Gasteiger partial charge in [-0.3, -0.25) is 4.99 Å². The summed E-state index contributed by atoms with van der Waals surface area (Å²) in [7, 11) is 1.77. The first-order valence-electron chi connectivity index (χ1n) is 9.96. The van der Waals surface area contributed by atoms with Crippen molar-refractivity contribution in [3.8, 4) is 0 Å². The van der Waals surface area contributed by atoms with E-state index in [9.17, 15) is 0 Å². The Balaban J connectivity index is 0.00000625. The van der Waals surface area contributed by atoms with Crippen LogP contribution in [0.15, 0.2) is 4.99 Å². The van der Waals surface area contributed by atoms with Gasteiger partial charge in [-0.15, -0.1) is 24.0 Å². The molecule has 0 atom stereocenters. The monoisotopic (exact) mass is 484 g/mol. The molecule has 1 aliphatic rings. The molecule has 0 bridgehead atoms. The fourth-order valence-corrected chi connectivity index (χ4v) is 2.84. The SMILES string of the molecule is CCNC(=NCC1CCN(CCOC)CC1)NCCOCCC(C)C.I. The topological polar surface area (TPSA) is 58.1 Å². The Morgan fingerprint density at radius 2 is 1.88 bits per heavy atom. The molecule has 0 amide bonds. The van der Waals surface area contributed by atoms with Gasteiger partial charge in [0.15, 0.2) is 5.96 Å². The number of rotatable bonds is 12. The van der Waals surface area contributed by atoms with Gasteiger partial charge in [-0.25, -0.2) is 0 Å². The van der Waals surface area contributed by atoms with Crippen molar-refractivity contribution in [2.45, 2.75) is 40.0 Å². The van der Waals surface area contributed by atoms with Crippen molar-refractivity contribution in [3.63, 3.8) is 0 Å². The van der Waals surface area contributed by atoms with Gasteiger partial charge >= 0.3 is 0 Å². The van der Waals surface area contributed by atoms with Crippen molar-refractivity contribution >= 4 is 29.9 Å². The zero-order valence-corrected chi connectivity index (χ0v) is 19.6. The summed E-state index contributed by atoms with van der Waals surface area (Å²) >= 11 is 0. The molecule has 0 unspecified atom stereocenters. The Morgan fingerprint density at radius 1 is 1.15 bits per heavy atom. The van der Waals surface area contributed by atoms with Crippen molar-refractivity contribution < 1.29 is 9.47 Å². The van der Waals surface area contributed by atoms with Gasteiger partial charge in [0, 0.05) is 39.9 Å². The molecule has 1 rings (SSSR count). The van der Waals surface area contributed by atoms with Crippen LogP contribution in [-0.4, -0.2) is 77.1 Å². The summed E-state index contributed by atoms with van der Waals surface area (Å²) < 4.78 is 10.8. The lowest BCUT2D eigenvalue weighted by Crippen LogP contribution is -2.40. The van der Waals surface area contributed by atoms with Crippen LogP contribution in [0.4, 0.5) is 0 Å². The second kappa shape index (κ2) is 17.0. The van der Waals surface area contributed by atoms with E-state index in [1.54, 1.807) is 7.11 Å². The number of halogens is 1. The zero-order chi connectivity index (χ0) is 18.3. The van der Waals surface area contributed by atoms with Gasteiger partial charge in [-0.1, -0.05) is 13.8 Å². The maximum atomic E-state index is 5.65. The third kappa shape index (κ3) is 13.1. The Bertz CT molecular complexity index is 348. The molecule has 156 valence electrons. The van der Waals surface area contributed by atoms with E-state index in [0.29, 0.717) is 11.8 Å². The highest BCUT2D eigenvalue weighted by molar-refractivity contribution is 14.0. The summed E-state index contributed by atoms with van der Waals surface area (Å²) in [6.45, 7) is 14.9. The molecule has 0 aromatic carbocycles. The fraction of sp³-hybridized carbons (Fsp3) is 0.947. The highest BCUT2D eigenvalue weighted by atomic mass is 127. The highest BCUT2D eigenvalue weighted by Gasteiger charge is 2.18. The molecule has 26 heavy (non-hydrogen) atoms. The van der Waals surface area contributed by atoms with Crippen molar-refractivity contribution in [3.05, 3.63) is 0 Å². The molecule has 0 aromatic heterocycles. The standard InChI is InChI=1S/C19H40N4O2.HI/c1-5-20-19(21-9-14-25-13-8-17(2)3)22-16-18-6-10-23(11-7-18)12-15-24-4;/h17-18H,5-16H2,1-4H3,(H2,20,21,22);1H. The van der Waals surface area contributed by atoms with Gasteiger partial charge in [0.05, 0.1) is 13.2 Å². The smallest absolute Gasteiger partial charge is 0.191 e. The van der Waals surface area contributed by atoms with Crippen LogP contribution >= 0.6 is 24.0 Å². The summed E-state index contributed by atoms with van der Waals surface area (Å²) in [6.07, 6.45) is 3.58. The maximum Gasteiger partial charge on any atom is 0.191 e. The minimum absolute atomic E-state index is 0. The van der Waals surface area contributed by atoms with Crippen molar-refractivity contribution in [2.24, 2.45) is 16.8 Å². The predicted octanol–water partition coefficient (Wildman–Crippen LogP) is 2.58. The second-order valence-corrected chi connectivity index (χ2v) is 7.22. The van der Waals surface area contributed by atoms with Crippen LogP contribution in [0.2, 0.25) is 0 Å². The third-order valence-corrected chi connectivity index (χ3v) is 4.55. The Kier molecular flexibility index (Phi) is 16.9. The number of nitrogens with one attached hydrogen (secondary N) is 2. The molecular weight excluding hydrogens is 443 g/mol. The lowest BCUT2D eigenvalue weighted by Gasteiger charge is -2.31. The Hall–Kier alpha value is -0.120. The average molecular weight is 484 g/mol. The minimum atomic E-state index is 0. The van der Waals surface area contributed by atoms with Gasteiger partial charge in [0.25, 0.3) is 0 Å². The summed E-state index contributed by atoms with van der Waals surface area (Å²) in [5.74, 6) is 2.31. The molecule has 7 heteroatoms. The quantitative estimate of drug-likeness (QED) is 0.193. The minimum Gasteiger partial charge on any atom is -0.383 e. The van der Waals surface area contributed by atoms with Crippen LogP contribution < -0.4 is 10.6 Å². The summed E-state index contributed by atoms with van der Waals surface area (Å²) in [4.78, 5) is 7.25. The lowest BCUT2D eigenvalue weighted by atomic mass is 9.97. The Morgan fingerprint density at radius 3 is 2.50 bits per heavy atom. The van der Waals surface area contributed by atoms with E-state index in [-0.39, 0.29) is 24.0 Å². The van der Waals surface area contributed by atoms with Crippen molar-refractivity contribution in [1.29, 1.82) is 0 Å². The first-order valence-corrected chi connectivity index (χ1v) is 9.96. The molecule has 0 aliphatic carbocycles. The molecule has 2 N–H and O–H groups in total. The van der Waals surface area contributed by atoms with Crippen molar-refractivity contribution in [2.75, 3.05) is 66.2 Å². The number of hydrogen-bond donors (Lipinski definition) is 2. The molecule has 0 aromatic rings. The van der Waals surface area contributed by atoms with E-state index >= 15 is 0 Å². The number of aliphatic imine (C=N–C) groups is 1. The number of hydrogen-bond acceptors (Lipinski definition) is 4. The van der Waals surface area contributed by atoms with Gasteiger partial charge in [0.1, 0.15) is 0 Å². The number of guanidine groups is 1. The summed E-state index contributed by atoms with van der Waals surface area (Å²) in [6, 6.07) is 0. The Labute approximate surface area is 177 Å². The summed E-state index contributed by atoms with van der Waals surface area (Å²) in [5.41, 5.74) is 0. The van der Waals surface area contributed by atoms with Crippen LogP contribution in [0.1, 0.15) is 40.0 Å². The van der Waals surface area contributed by atoms with Crippen LogP contribution in [0, 0.1) is 11.8 Å². The first kappa shape index (κ1) is 25.9. The molecular formula is C19H41IN4O2. The fourth-order valence-electron chi connectivity index (χ4n) is 2.84. The van der Waals surface area contributed by atoms with Crippen LogP contribution in [0.5, 0.6) is 0 Å². The zero-order valence-electron chi connectivity index (χ0n) is 17.3. The number of nitrogens with zero attached hydrogens (tertiary/aromatic N) is 2. The van der Waals surface area contributed by atoms with Gasteiger partial charge in [0.2, 0.25) is 0 Å². The van der Waals surface area contributed by atoms with Gasteiger partial charge < -0.3 is 25.0 Å². The second-order valence-electron chi connectivity index (χ2n) is 7.22. The molecule has 0 saturated carbocycles. The van der Waals surface area contributed by atoms with Gasteiger partial charge in [-0.2, -0.15) is 0 Å². The molecule has 0 spiro atoms. The van der Waals surface area contributed by atoms with Crippen LogP contribution in [0.25, 0.3) is 0 Å². The number of piperidine rings is 1. The van der Waals surface area contributed by atoms with E-state index in [1.807, 2.05) is 0 Å². The van der Waals surface area contributed by atoms with Crippen molar-refractivity contribution in [1.82, 2.24) is 15.5 Å². The van der Waals surface area contributed by atoms with E-state index in [2.05, 4.69) is 36.3 Å². The van der Waals surface area contributed by atoms with E-state index in [1.165, 1.54) is 12.8 Å². The largest absolute Gasteiger partial charge is 0.383 e. The lowest BCUT2D eigenvalue weighted by molar-refractivity contribution is 0.121. The highest BCUT2D eigenvalue weighted by Crippen LogP contribution is 2.17. The van der Waals surface area contributed by atoms with E-state index in [4.69, 9.17) is 14.5 Å². The average Bonchev–Trinajstić information content (AvgIpc) is 2.61. The predicted molar refractivity (Wildman–Crippen MR) is 121 cm³/mol. The van der Waals surface area contributed by atoms with E-state index in [0.717, 1.165) is 71.5 Å². The molecule has 1 aliphatic heterocycles. The molecule has 1 heterocycles. The molecule has 0 radical (unpaired) electrons. The van der Waals surface area contributed by atoms with Gasteiger partial charge in [-0.05, 0) is 51.1 Å². The maximum absolute atomic E-state index is 5.65. The number of methoxy groups -OCH3 is 1.